The normalized spacial score (nSPS) is 15.3. The van der Waals surface area contributed by atoms with E-state index in [1.807, 2.05) is 18.2 Å². The second kappa shape index (κ2) is 10.3. The van der Waals surface area contributed by atoms with Crippen LogP contribution in [0.1, 0.15) is 36.0 Å². The molecule has 4 rings (SSSR count). The maximum Gasteiger partial charge on any atom is 0.247 e. The van der Waals surface area contributed by atoms with Gasteiger partial charge in [0.15, 0.2) is 16.5 Å². The number of anilines is 1. The predicted molar refractivity (Wildman–Crippen MR) is 126 cm³/mol. The molecule has 1 aromatic heterocycles. The summed E-state index contributed by atoms with van der Waals surface area (Å²) in [5, 5.41) is 16.0. The molecule has 0 bridgehead atoms. The number of rotatable bonds is 8. The standard InChI is InChI=1S/C23H25ClN4O3S/c1-14(2)12-30-18-8-7-16(24)11-19(18)31-13-20-27-28-23(32-20)26-22(29)21-17-6-4-3-5-15(17)9-10-25-21/h3-8,11,14,21,25H,9-10,12-13H2,1-2H3,(H,26,28,29). The van der Waals surface area contributed by atoms with Gasteiger partial charge in [-0.25, -0.2) is 0 Å². The van der Waals surface area contributed by atoms with Crippen molar-refractivity contribution in [3.05, 3.63) is 63.6 Å². The van der Waals surface area contributed by atoms with Crippen LogP contribution in [0.4, 0.5) is 5.13 Å². The number of carbonyl (C=O) groups excluding carboxylic acids is 1. The lowest BCUT2D eigenvalue weighted by molar-refractivity contribution is -0.118. The molecule has 32 heavy (non-hydrogen) atoms. The van der Waals surface area contributed by atoms with Crippen LogP contribution in [0, 0.1) is 5.92 Å². The summed E-state index contributed by atoms with van der Waals surface area (Å²) in [6, 6.07) is 12.8. The van der Waals surface area contributed by atoms with E-state index in [-0.39, 0.29) is 12.5 Å². The molecule has 0 aliphatic carbocycles. The van der Waals surface area contributed by atoms with Crippen molar-refractivity contribution in [3.63, 3.8) is 0 Å². The summed E-state index contributed by atoms with van der Waals surface area (Å²) in [6.45, 7) is 5.68. The third-order valence-electron chi connectivity index (χ3n) is 4.90. The SMILES string of the molecule is CC(C)COc1ccc(Cl)cc1OCc1nnc(NC(=O)C2NCCc3ccccc32)s1. The molecule has 1 amide bonds. The van der Waals surface area contributed by atoms with E-state index in [0.717, 1.165) is 18.5 Å². The summed E-state index contributed by atoms with van der Waals surface area (Å²) < 4.78 is 11.7. The number of amides is 1. The Balaban J connectivity index is 1.38. The number of aromatic nitrogens is 2. The molecule has 168 valence electrons. The largest absolute Gasteiger partial charge is 0.489 e. The zero-order valence-electron chi connectivity index (χ0n) is 17.9. The highest BCUT2D eigenvalue weighted by Gasteiger charge is 2.26. The van der Waals surface area contributed by atoms with Gasteiger partial charge in [0.2, 0.25) is 11.0 Å². The van der Waals surface area contributed by atoms with E-state index in [2.05, 4.69) is 40.7 Å². The van der Waals surface area contributed by atoms with Crippen LogP contribution in [-0.4, -0.2) is 29.3 Å². The average Bonchev–Trinajstić information content (AvgIpc) is 3.23. The highest BCUT2D eigenvalue weighted by molar-refractivity contribution is 7.15. The Morgan fingerprint density at radius 3 is 2.91 bits per heavy atom. The Hall–Kier alpha value is -2.68. The van der Waals surface area contributed by atoms with Crippen molar-refractivity contribution >= 4 is 34.0 Å². The Kier molecular flexibility index (Phi) is 7.24. The molecule has 1 atom stereocenters. The van der Waals surface area contributed by atoms with Crippen LogP contribution < -0.4 is 20.1 Å². The molecule has 1 aliphatic heterocycles. The second-order valence-electron chi connectivity index (χ2n) is 7.91. The lowest BCUT2D eigenvalue weighted by Crippen LogP contribution is -2.38. The Labute approximate surface area is 196 Å². The molecular weight excluding hydrogens is 448 g/mol. The number of hydrogen-bond donors (Lipinski definition) is 2. The molecule has 7 nitrogen and oxygen atoms in total. The summed E-state index contributed by atoms with van der Waals surface area (Å²) in [6.07, 6.45) is 0.909. The molecule has 1 unspecified atom stereocenters. The van der Waals surface area contributed by atoms with Gasteiger partial charge in [-0.15, -0.1) is 10.2 Å². The van der Waals surface area contributed by atoms with Gasteiger partial charge in [0.1, 0.15) is 12.6 Å². The fourth-order valence-corrected chi connectivity index (χ4v) is 4.21. The van der Waals surface area contributed by atoms with Crippen molar-refractivity contribution in [2.24, 2.45) is 5.92 Å². The van der Waals surface area contributed by atoms with Gasteiger partial charge in [0.25, 0.3) is 0 Å². The highest BCUT2D eigenvalue weighted by Crippen LogP contribution is 2.32. The zero-order chi connectivity index (χ0) is 22.5. The van der Waals surface area contributed by atoms with Crippen LogP contribution in [0.2, 0.25) is 5.02 Å². The molecule has 2 N–H and O–H groups in total. The first-order valence-corrected chi connectivity index (χ1v) is 11.7. The summed E-state index contributed by atoms with van der Waals surface area (Å²) in [5.41, 5.74) is 2.19. The van der Waals surface area contributed by atoms with Crippen LogP contribution in [-0.2, 0) is 17.8 Å². The van der Waals surface area contributed by atoms with Crippen LogP contribution in [0.15, 0.2) is 42.5 Å². The molecule has 0 saturated heterocycles. The van der Waals surface area contributed by atoms with Crippen LogP contribution in [0.5, 0.6) is 11.5 Å². The third kappa shape index (κ3) is 5.56. The van der Waals surface area contributed by atoms with E-state index in [1.165, 1.54) is 16.9 Å². The minimum atomic E-state index is -0.407. The Bertz CT molecular complexity index is 1090. The van der Waals surface area contributed by atoms with Gasteiger partial charge in [0.05, 0.1) is 6.61 Å². The number of halogens is 1. The third-order valence-corrected chi connectivity index (χ3v) is 5.94. The lowest BCUT2D eigenvalue weighted by Gasteiger charge is -2.25. The van der Waals surface area contributed by atoms with Gasteiger partial charge in [-0.1, -0.05) is 61.1 Å². The number of carbonyl (C=O) groups is 1. The van der Waals surface area contributed by atoms with Crippen LogP contribution in [0.25, 0.3) is 0 Å². The van der Waals surface area contributed by atoms with E-state index < -0.39 is 6.04 Å². The van der Waals surface area contributed by atoms with E-state index in [9.17, 15) is 4.79 Å². The van der Waals surface area contributed by atoms with Crippen LogP contribution >= 0.6 is 22.9 Å². The number of hydrogen-bond acceptors (Lipinski definition) is 7. The van der Waals surface area contributed by atoms with Gasteiger partial charge < -0.3 is 14.8 Å². The number of nitrogens with one attached hydrogen (secondary N) is 2. The Morgan fingerprint density at radius 2 is 2.06 bits per heavy atom. The topological polar surface area (TPSA) is 85.4 Å². The van der Waals surface area contributed by atoms with Crippen molar-refractivity contribution in [2.45, 2.75) is 32.9 Å². The molecule has 0 radical (unpaired) electrons. The molecule has 2 aromatic carbocycles. The molecular formula is C23H25ClN4O3S. The van der Waals surface area contributed by atoms with Crippen molar-refractivity contribution in [2.75, 3.05) is 18.5 Å². The van der Waals surface area contributed by atoms with E-state index in [4.69, 9.17) is 21.1 Å². The first-order chi connectivity index (χ1) is 15.5. The molecule has 1 aliphatic rings. The smallest absolute Gasteiger partial charge is 0.247 e. The van der Waals surface area contributed by atoms with E-state index >= 15 is 0 Å². The van der Waals surface area contributed by atoms with Crippen molar-refractivity contribution in [1.29, 1.82) is 0 Å². The molecule has 2 heterocycles. The molecule has 3 aromatic rings. The zero-order valence-corrected chi connectivity index (χ0v) is 19.5. The average molecular weight is 473 g/mol. The minimum Gasteiger partial charge on any atom is -0.489 e. The van der Waals surface area contributed by atoms with E-state index in [0.29, 0.717) is 39.2 Å². The molecule has 9 heteroatoms. The maximum atomic E-state index is 12.8. The summed E-state index contributed by atoms with van der Waals surface area (Å²) >= 11 is 7.39. The number of fused-ring (bicyclic) bond motifs is 1. The van der Waals surface area contributed by atoms with E-state index in [1.54, 1.807) is 18.2 Å². The van der Waals surface area contributed by atoms with Crippen LogP contribution in [0.3, 0.4) is 0 Å². The Morgan fingerprint density at radius 1 is 1.22 bits per heavy atom. The minimum absolute atomic E-state index is 0.153. The quantitative estimate of drug-likeness (QED) is 0.497. The van der Waals surface area contributed by atoms with Crippen molar-refractivity contribution < 1.29 is 14.3 Å². The number of benzene rings is 2. The summed E-state index contributed by atoms with van der Waals surface area (Å²) in [5.74, 6) is 1.41. The fourth-order valence-electron chi connectivity index (χ4n) is 3.39. The van der Waals surface area contributed by atoms with Gasteiger partial charge in [-0.05, 0) is 35.6 Å². The van der Waals surface area contributed by atoms with Gasteiger partial charge in [-0.3, -0.25) is 10.1 Å². The summed E-state index contributed by atoms with van der Waals surface area (Å²) in [7, 11) is 0. The predicted octanol–water partition coefficient (Wildman–Crippen LogP) is 4.63. The molecule has 0 fully saturated rings. The first kappa shape index (κ1) is 22.5. The van der Waals surface area contributed by atoms with Crippen molar-refractivity contribution in [3.8, 4) is 11.5 Å². The van der Waals surface area contributed by atoms with Crippen molar-refractivity contribution in [1.82, 2.24) is 15.5 Å². The number of nitrogens with zero attached hydrogens (tertiary/aromatic N) is 2. The molecule has 0 spiro atoms. The maximum absolute atomic E-state index is 12.8. The van der Waals surface area contributed by atoms with Gasteiger partial charge in [0, 0.05) is 17.6 Å². The monoisotopic (exact) mass is 472 g/mol. The summed E-state index contributed by atoms with van der Waals surface area (Å²) in [4.78, 5) is 12.8. The second-order valence-corrected chi connectivity index (χ2v) is 9.41. The first-order valence-electron chi connectivity index (χ1n) is 10.5. The number of ether oxygens (including phenoxy) is 2. The van der Waals surface area contributed by atoms with Gasteiger partial charge >= 0.3 is 0 Å². The lowest BCUT2D eigenvalue weighted by atomic mass is 9.94. The fraction of sp³-hybridized carbons (Fsp3) is 0.348. The highest BCUT2D eigenvalue weighted by atomic mass is 35.5. The molecule has 0 saturated carbocycles. The van der Waals surface area contributed by atoms with Gasteiger partial charge in [-0.2, -0.15) is 0 Å².